The lowest BCUT2D eigenvalue weighted by atomic mass is 10.0. The number of likely N-dealkylation sites (tertiary alicyclic amines) is 1. The van der Waals surface area contributed by atoms with Crippen molar-refractivity contribution in [3.8, 4) is 0 Å². The van der Waals surface area contributed by atoms with Crippen LogP contribution in [0, 0.1) is 5.82 Å². The topological polar surface area (TPSA) is 64.1 Å². The highest BCUT2D eigenvalue weighted by Crippen LogP contribution is 2.25. The monoisotopic (exact) mass is 349 g/mol. The zero-order valence-electron chi connectivity index (χ0n) is 14.4. The van der Waals surface area contributed by atoms with Crippen molar-refractivity contribution >= 4 is 11.8 Å². The number of amides is 2. The maximum Gasteiger partial charge on any atom is 0.256 e. The van der Waals surface area contributed by atoms with Crippen LogP contribution in [0.2, 0.25) is 0 Å². The number of halogens is 1. The first-order valence-corrected chi connectivity index (χ1v) is 8.62. The second-order valence-electron chi connectivity index (χ2n) is 6.96. The van der Waals surface area contributed by atoms with E-state index in [0.29, 0.717) is 45.7 Å². The van der Waals surface area contributed by atoms with Crippen molar-refractivity contribution in [3.63, 3.8) is 0 Å². The SMILES string of the molecule is CC(=O)N1CCN(C[C@@]2(O)CCN(C(=O)c3ccccc3F)C2)CC1. The number of benzene rings is 1. The van der Waals surface area contributed by atoms with Crippen LogP contribution in [-0.2, 0) is 4.79 Å². The van der Waals surface area contributed by atoms with Gasteiger partial charge >= 0.3 is 0 Å². The fourth-order valence-electron chi connectivity index (χ4n) is 3.60. The lowest BCUT2D eigenvalue weighted by Crippen LogP contribution is -2.53. The minimum atomic E-state index is -0.987. The van der Waals surface area contributed by atoms with Crippen molar-refractivity contribution in [3.05, 3.63) is 35.6 Å². The molecule has 0 radical (unpaired) electrons. The molecule has 2 aliphatic heterocycles. The summed E-state index contributed by atoms with van der Waals surface area (Å²) in [4.78, 5) is 29.3. The van der Waals surface area contributed by atoms with E-state index in [2.05, 4.69) is 4.90 Å². The Hall–Kier alpha value is -1.99. The van der Waals surface area contributed by atoms with Crippen LogP contribution in [0.3, 0.4) is 0 Å². The van der Waals surface area contributed by atoms with Crippen molar-refractivity contribution in [1.29, 1.82) is 0 Å². The summed E-state index contributed by atoms with van der Waals surface area (Å²) in [7, 11) is 0. The summed E-state index contributed by atoms with van der Waals surface area (Å²) in [5, 5.41) is 10.8. The first-order valence-electron chi connectivity index (χ1n) is 8.62. The van der Waals surface area contributed by atoms with Crippen molar-refractivity contribution in [2.45, 2.75) is 18.9 Å². The molecule has 25 heavy (non-hydrogen) atoms. The average Bonchev–Trinajstić information content (AvgIpc) is 2.97. The highest BCUT2D eigenvalue weighted by atomic mass is 19.1. The van der Waals surface area contributed by atoms with Gasteiger partial charge in [-0.05, 0) is 18.6 Å². The third-order valence-electron chi connectivity index (χ3n) is 5.06. The van der Waals surface area contributed by atoms with Crippen molar-refractivity contribution in [2.24, 2.45) is 0 Å². The van der Waals surface area contributed by atoms with Crippen LogP contribution in [0.4, 0.5) is 4.39 Å². The zero-order chi connectivity index (χ0) is 18.0. The Kier molecular flexibility index (Phi) is 5.06. The molecule has 0 saturated carbocycles. The van der Waals surface area contributed by atoms with Gasteiger partial charge in [-0.3, -0.25) is 14.5 Å². The number of piperazine rings is 1. The van der Waals surface area contributed by atoms with Crippen LogP contribution in [-0.4, -0.2) is 83.0 Å². The highest BCUT2D eigenvalue weighted by molar-refractivity contribution is 5.94. The predicted molar refractivity (Wildman–Crippen MR) is 90.6 cm³/mol. The molecule has 1 atom stereocenters. The zero-order valence-corrected chi connectivity index (χ0v) is 14.4. The van der Waals surface area contributed by atoms with Gasteiger partial charge in [0.25, 0.3) is 5.91 Å². The Balaban J connectivity index is 1.57. The van der Waals surface area contributed by atoms with Gasteiger partial charge in [0.05, 0.1) is 17.7 Å². The summed E-state index contributed by atoms with van der Waals surface area (Å²) < 4.78 is 13.8. The third kappa shape index (κ3) is 3.99. The van der Waals surface area contributed by atoms with Gasteiger partial charge in [-0.1, -0.05) is 12.1 Å². The molecule has 136 valence electrons. The lowest BCUT2D eigenvalue weighted by Gasteiger charge is -2.37. The first kappa shape index (κ1) is 17.8. The Morgan fingerprint density at radius 3 is 2.44 bits per heavy atom. The summed E-state index contributed by atoms with van der Waals surface area (Å²) in [6.45, 7) is 5.37. The van der Waals surface area contributed by atoms with E-state index in [1.165, 1.54) is 17.0 Å². The minimum Gasteiger partial charge on any atom is -0.387 e. The second-order valence-corrected chi connectivity index (χ2v) is 6.96. The normalized spacial score (nSPS) is 24.6. The molecule has 2 amide bonds. The third-order valence-corrected chi connectivity index (χ3v) is 5.06. The van der Waals surface area contributed by atoms with Crippen molar-refractivity contribution in [1.82, 2.24) is 14.7 Å². The van der Waals surface area contributed by atoms with E-state index in [9.17, 15) is 19.1 Å². The van der Waals surface area contributed by atoms with Gasteiger partial charge in [-0.2, -0.15) is 0 Å². The maximum atomic E-state index is 13.8. The van der Waals surface area contributed by atoms with E-state index in [0.717, 1.165) is 0 Å². The van der Waals surface area contributed by atoms with Gasteiger partial charge in [0.1, 0.15) is 5.82 Å². The summed E-state index contributed by atoms with van der Waals surface area (Å²) in [6, 6.07) is 5.92. The van der Waals surface area contributed by atoms with Crippen LogP contribution < -0.4 is 0 Å². The molecule has 1 aromatic carbocycles. The van der Waals surface area contributed by atoms with Crippen LogP contribution in [0.25, 0.3) is 0 Å². The van der Waals surface area contributed by atoms with Gasteiger partial charge in [0.15, 0.2) is 0 Å². The van der Waals surface area contributed by atoms with Crippen LogP contribution >= 0.6 is 0 Å². The Labute approximate surface area is 146 Å². The largest absolute Gasteiger partial charge is 0.387 e. The number of carbonyl (C=O) groups is 2. The Morgan fingerprint density at radius 2 is 1.80 bits per heavy atom. The van der Waals surface area contributed by atoms with Crippen LogP contribution in [0.5, 0.6) is 0 Å². The molecule has 2 saturated heterocycles. The van der Waals surface area contributed by atoms with E-state index >= 15 is 0 Å². The minimum absolute atomic E-state index is 0.0434. The first-order chi connectivity index (χ1) is 11.9. The molecule has 1 N–H and O–H groups in total. The molecule has 2 fully saturated rings. The maximum absolute atomic E-state index is 13.8. The molecule has 0 unspecified atom stereocenters. The summed E-state index contributed by atoms with van der Waals surface area (Å²) in [5.41, 5.74) is -0.943. The number of hydrogen-bond acceptors (Lipinski definition) is 4. The molecule has 0 spiro atoms. The molecule has 0 aliphatic carbocycles. The van der Waals surface area contributed by atoms with E-state index in [4.69, 9.17) is 0 Å². The summed E-state index contributed by atoms with van der Waals surface area (Å²) >= 11 is 0. The predicted octanol–water partition coefficient (Wildman–Crippen LogP) is 0.567. The van der Waals surface area contributed by atoms with Gasteiger partial charge in [0, 0.05) is 46.2 Å². The van der Waals surface area contributed by atoms with E-state index in [1.54, 1.807) is 24.0 Å². The quantitative estimate of drug-likeness (QED) is 0.866. The van der Waals surface area contributed by atoms with Gasteiger partial charge in [0.2, 0.25) is 5.91 Å². The number of aliphatic hydroxyl groups is 1. The summed E-state index contributed by atoms with van der Waals surface area (Å²) in [5.74, 6) is -0.848. The molecule has 3 rings (SSSR count). The van der Waals surface area contributed by atoms with E-state index in [1.807, 2.05) is 0 Å². The fourth-order valence-corrected chi connectivity index (χ4v) is 3.60. The number of hydrogen-bond donors (Lipinski definition) is 1. The highest BCUT2D eigenvalue weighted by Gasteiger charge is 2.40. The van der Waals surface area contributed by atoms with Gasteiger partial charge in [-0.25, -0.2) is 4.39 Å². The molecule has 2 heterocycles. The molecular formula is C18H24FN3O3. The fraction of sp³-hybridized carbons (Fsp3) is 0.556. The number of rotatable bonds is 3. The van der Waals surface area contributed by atoms with Gasteiger partial charge in [-0.15, -0.1) is 0 Å². The van der Waals surface area contributed by atoms with Crippen LogP contribution in [0.15, 0.2) is 24.3 Å². The summed E-state index contributed by atoms with van der Waals surface area (Å²) in [6.07, 6.45) is 0.472. The number of nitrogens with zero attached hydrogens (tertiary/aromatic N) is 3. The molecule has 6 nitrogen and oxygen atoms in total. The number of β-amino-alcohol motifs (C(OH)–C–C–N with tert-alkyl or cyclic N) is 1. The van der Waals surface area contributed by atoms with Crippen LogP contribution in [0.1, 0.15) is 23.7 Å². The number of carbonyl (C=O) groups excluding carboxylic acids is 2. The molecule has 7 heteroatoms. The van der Waals surface area contributed by atoms with Crippen molar-refractivity contribution in [2.75, 3.05) is 45.8 Å². The van der Waals surface area contributed by atoms with Crippen molar-refractivity contribution < 1.29 is 19.1 Å². The standard InChI is InChI=1S/C18H24FN3O3/c1-14(23)21-10-8-20(9-11-21)12-18(25)6-7-22(13-18)17(24)15-4-2-3-5-16(15)19/h2-5,25H,6-13H2,1H3/t18-/m0/s1. The van der Waals surface area contributed by atoms with E-state index in [-0.39, 0.29) is 23.9 Å². The average molecular weight is 349 g/mol. The van der Waals surface area contributed by atoms with Gasteiger partial charge < -0.3 is 14.9 Å². The second kappa shape index (κ2) is 7.09. The molecule has 0 aromatic heterocycles. The van der Waals surface area contributed by atoms with E-state index < -0.39 is 11.4 Å². The smallest absolute Gasteiger partial charge is 0.256 e. The molecular weight excluding hydrogens is 325 g/mol. The lowest BCUT2D eigenvalue weighted by molar-refractivity contribution is -0.130. The molecule has 2 aliphatic rings. The molecule has 1 aromatic rings. The molecule has 0 bridgehead atoms. The Bertz CT molecular complexity index is 661. The Morgan fingerprint density at radius 1 is 1.12 bits per heavy atom.